The first kappa shape index (κ1) is 16.5. The van der Waals surface area contributed by atoms with Crippen LogP contribution in [0.3, 0.4) is 0 Å². The van der Waals surface area contributed by atoms with Crippen LogP contribution in [0.5, 0.6) is 5.75 Å². The van der Waals surface area contributed by atoms with Crippen molar-refractivity contribution < 1.29 is 4.74 Å². The summed E-state index contributed by atoms with van der Waals surface area (Å²) < 4.78 is 6.32. The first-order chi connectivity index (χ1) is 11.8. The lowest BCUT2D eigenvalue weighted by molar-refractivity contribution is 0.109. The average Bonchev–Trinajstić information content (AvgIpc) is 2.64. The Hall–Kier alpha value is -2.31. The molecule has 1 heterocycles. The van der Waals surface area contributed by atoms with Gasteiger partial charge in [0.15, 0.2) is 0 Å². The highest BCUT2D eigenvalue weighted by Gasteiger charge is 2.25. The molecule has 24 heavy (non-hydrogen) atoms. The molecule has 1 saturated heterocycles. The van der Waals surface area contributed by atoms with Crippen LogP contribution in [-0.4, -0.2) is 24.5 Å². The van der Waals surface area contributed by atoms with E-state index in [4.69, 9.17) is 10.00 Å². The van der Waals surface area contributed by atoms with Crippen molar-refractivity contribution in [3.63, 3.8) is 0 Å². The van der Waals surface area contributed by atoms with Gasteiger partial charge in [0.1, 0.15) is 11.9 Å². The van der Waals surface area contributed by atoms with Gasteiger partial charge in [-0.25, -0.2) is 0 Å². The Balaban J connectivity index is 1.77. The van der Waals surface area contributed by atoms with Crippen molar-refractivity contribution >= 4 is 0 Å². The molecule has 3 heteroatoms. The van der Waals surface area contributed by atoms with Crippen molar-refractivity contribution in [3.05, 3.63) is 65.7 Å². The third-order valence-electron chi connectivity index (χ3n) is 4.84. The minimum Gasteiger partial charge on any atom is -0.486 e. The SMILES string of the molecule is CN1CCCCC1CC(Oc1ccc(C#N)cc1)c1ccccc1. The molecule has 0 aliphatic carbocycles. The highest BCUT2D eigenvalue weighted by atomic mass is 16.5. The van der Waals surface area contributed by atoms with Crippen molar-refractivity contribution in [2.45, 2.75) is 37.8 Å². The molecular weight excluding hydrogens is 296 g/mol. The second-order valence-corrected chi connectivity index (χ2v) is 6.52. The highest BCUT2D eigenvalue weighted by Crippen LogP contribution is 2.30. The Morgan fingerprint density at radius 3 is 2.54 bits per heavy atom. The van der Waals surface area contributed by atoms with Crippen LogP contribution in [0.25, 0.3) is 0 Å². The third-order valence-corrected chi connectivity index (χ3v) is 4.84. The van der Waals surface area contributed by atoms with E-state index in [1.54, 1.807) is 0 Å². The van der Waals surface area contributed by atoms with E-state index in [0.717, 1.165) is 12.2 Å². The average molecular weight is 320 g/mol. The minimum atomic E-state index is 0.0321. The molecule has 1 aliphatic heterocycles. The van der Waals surface area contributed by atoms with Gasteiger partial charge in [0, 0.05) is 12.5 Å². The fourth-order valence-electron chi connectivity index (χ4n) is 3.38. The molecule has 0 saturated carbocycles. The lowest BCUT2D eigenvalue weighted by Gasteiger charge is -2.35. The molecular formula is C21H24N2O. The van der Waals surface area contributed by atoms with E-state index in [9.17, 15) is 0 Å². The summed E-state index contributed by atoms with van der Waals surface area (Å²) in [6.45, 7) is 1.17. The molecule has 0 bridgehead atoms. The minimum absolute atomic E-state index is 0.0321. The second kappa shape index (κ2) is 7.99. The predicted molar refractivity (Wildman–Crippen MR) is 95.9 cm³/mol. The van der Waals surface area contributed by atoms with Gasteiger partial charge in [-0.2, -0.15) is 5.26 Å². The lowest BCUT2D eigenvalue weighted by Crippen LogP contribution is -2.37. The molecule has 0 radical (unpaired) electrons. The Morgan fingerprint density at radius 2 is 1.88 bits per heavy atom. The first-order valence-corrected chi connectivity index (χ1v) is 8.68. The summed E-state index contributed by atoms with van der Waals surface area (Å²) >= 11 is 0. The van der Waals surface area contributed by atoms with Crippen molar-refractivity contribution in [2.75, 3.05) is 13.6 Å². The summed E-state index contributed by atoms with van der Waals surface area (Å²) in [5.74, 6) is 0.821. The number of nitrogens with zero attached hydrogens (tertiary/aromatic N) is 2. The van der Waals surface area contributed by atoms with Crippen LogP contribution in [0.4, 0.5) is 0 Å². The van der Waals surface area contributed by atoms with Crippen LogP contribution in [-0.2, 0) is 0 Å². The van der Waals surface area contributed by atoms with E-state index in [1.165, 1.54) is 31.4 Å². The lowest BCUT2D eigenvalue weighted by atomic mass is 9.94. The van der Waals surface area contributed by atoms with Gasteiger partial charge in [-0.15, -0.1) is 0 Å². The van der Waals surface area contributed by atoms with Gasteiger partial charge in [-0.05, 0) is 56.3 Å². The molecule has 2 aromatic carbocycles. The third kappa shape index (κ3) is 4.15. The van der Waals surface area contributed by atoms with Crippen LogP contribution in [0.2, 0.25) is 0 Å². The molecule has 1 aliphatic rings. The van der Waals surface area contributed by atoms with Crippen molar-refractivity contribution in [2.24, 2.45) is 0 Å². The van der Waals surface area contributed by atoms with Crippen LogP contribution in [0.15, 0.2) is 54.6 Å². The largest absolute Gasteiger partial charge is 0.486 e. The second-order valence-electron chi connectivity index (χ2n) is 6.52. The van der Waals surface area contributed by atoms with Gasteiger partial charge in [-0.1, -0.05) is 36.8 Å². The maximum atomic E-state index is 8.94. The Kier molecular flexibility index (Phi) is 5.51. The highest BCUT2D eigenvalue weighted by molar-refractivity contribution is 5.35. The van der Waals surface area contributed by atoms with Gasteiger partial charge in [0.25, 0.3) is 0 Å². The fourth-order valence-corrected chi connectivity index (χ4v) is 3.38. The number of rotatable bonds is 5. The smallest absolute Gasteiger partial charge is 0.125 e. The zero-order valence-electron chi connectivity index (χ0n) is 14.2. The van der Waals surface area contributed by atoms with Crippen LogP contribution in [0.1, 0.15) is 42.9 Å². The van der Waals surface area contributed by atoms with E-state index >= 15 is 0 Å². The summed E-state index contributed by atoms with van der Waals surface area (Å²) in [6, 6.07) is 20.5. The predicted octanol–water partition coefficient (Wildman–Crippen LogP) is 4.55. The molecule has 124 valence electrons. The molecule has 3 rings (SSSR count). The molecule has 0 aromatic heterocycles. The van der Waals surface area contributed by atoms with Gasteiger partial charge < -0.3 is 9.64 Å². The molecule has 2 aromatic rings. The molecule has 0 N–H and O–H groups in total. The molecule has 3 nitrogen and oxygen atoms in total. The number of piperidine rings is 1. The number of ether oxygens (including phenoxy) is 1. The normalized spacial score (nSPS) is 19.4. The van der Waals surface area contributed by atoms with Gasteiger partial charge in [-0.3, -0.25) is 0 Å². The monoisotopic (exact) mass is 320 g/mol. The Morgan fingerprint density at radius 1 is 1.12 bits per heavy atom. The zero-order valence-corrected chi connectivity index (χ0v) is 14.2. The molecule has 1 fully saturated rings. The number of likely N-dealkylation sites (tertiary alicyclic amines) is 1. The molecule has 2 atom stereocenters. The Labute approximate surface area is 144 Å². The number of hydrogen-bond donors (Lipinski definition) is 0. The molecule has 2 unspecified atom stereocenters. The topological polar surface area (TPSA) is 36.3 Å². The van der Waals surface area contributed by atoms with Crippen molar-refractivity contribution in [3.8, 4) is 11.8 Å². The van der Waals surface area contributed by atoms with Gasteiger partial charge in [0.05, 0.1) is 11.6 Å². The van der Waals surface area contributed by atoms with E-state index in [2.05, 4.69) is 42.3 Å². The maximum Gasteiger partial charge on any atom is 0.125 e. The Bertz CT molecular complexity index is 675. The van der Waals surface area contributed by atoms with E-state index in [-0.39, 0.29) is 6.10 Å². The van der Waals surface area contributed by atoms with Gasteiger partial charge in [0.2, 0.25) is 0 Å². The standard InChI is InChI=1S/C21H24N2O/c1-23-14-6-5-9-19(23)15-21(18-7-3-2-4-8-18)24-20-12-10-17(16-22)11-13-20/h2-4,7-8,10-13,19,21H,5-6,9,14-15H2,1H3. The maximum absolute atomic E-state index is 8.94. The van der Waals surface area contributed by atoms with Crippen molar-refractivity contribution in [1.29, 1.82) is 5.26 Å². The quantitative estimate of drug-likeness (QED) is 0.810. The van der Waals surface area contributed by atoms with Gasteiger partial charge >= 0.3 is 0 Å². The summed E-state index contributed by atoms with van der Waals surface area (Å²) in [6.07, 6.45) is 4.84. The summed E-state index contributed by atoms with van der Waals surface area (Å²) in [5.41, 5.74) is 1.87. The summed E-state index contributed by atoms with van der Waals surface area (Å²) in [4.78, 5) is 2.46. The van der Waals surface area contributed by atoms with Crippen LogP contribution < -0.4 is 4.74 Å². The van der Waals surface area contributed by atoms with Crippen LogP contribution in [0, 0.1) is 11.3 Å². The zero-order chi connectivity index (χ0) is 16.8. The van der Waals surface area contributed by atoms with E-state index < -0.39 is 0 Å². The number of benzene rings is 2. The van der Waals surface area contributed by atoms with E-state index in [0.29, 0.717) is 11.6 Å². The summed E-state index contributed by atoms with van der Waals surface area (Å²) in [7, 11) is 2.22. The van der Waals surface area contributed by atoms with E-state index in [1.807, 2.05) is 30.3 Å². The van der Waals surface area contributed by atoms with Crippen molar-refractivity contribution in [1.82, 2.24) is 4.90 Å². The number of hydrogen-bond acceptors (Lipinski definition) is 3. The van der Waals surface area contributed by atoms with Crippen LogP contribution >= 0.6 is 0 Å². The first-order valence-electron chi connectivity index (χ1n) is 8.68. The summed E-state index contributed by atoms with van der Waals surface area (Å²) in [5, 5.41) is 8.94. The molecule has 0 amide bonds. The number of nitriles is 1. The molecule has 0 spiro atoms. The fraction of sp³-hybridized carbons (Fsp3) is 0.381.